The Kier molecular flexibility index (Phi) is 5.85. The molecule has 4 aromatic rings. The summed E-state index contributed by atoms with van der Waals surface area (Å²) in [5.41, 5.74) is 2.51. The molecule has 0 radical (unpaired) electrons. The first-order chi connectivity index (χ1) is 15.0. The predicted octanol–water partition coefficient (Wildman–Crippen LogP) is 3.04. The maximum atomic E-state index is 12.4. The molecule has 1 aromatic carbocycles. The van der Waals surface area contributed by atoms with Gasteiger partial charge in [0.1, 0.15) is 17.8 Å². The van der Waals surface area contributed by atoms with Crippen molar-refractivity contribution >= 4 is 44.4 Å². The quantitative estimate of drug-likeness (QED) is 0.426. The standard InChI is InChI=1S/C20H20N8O2S/c1-12-5-3-6-14-17(12)31-20(24-14)26-19(30)25-16-8-4-7-15(23-16)18-27-22-11-28(18)10-9-21-13(2)29/h3-8,11H,9-10H2,1-2H3,(H,21,29)(H2,23,24,25,26,30). The molecule has 0 saturated heterocycles. The highest BCUT2D eigenvalue weighted by molar-refractivity contribution is 7.22. The third-order valence-corrected chi connectivity index (χ3v) is 5.52. The van der Waals surface area contributed by atoms with Crippen LogP contribution < -0.4 is 16.0 Å². The third-order valence-electron chi connectivity index (χ3n) is 4.39. The number of amides is 3. The largest absolute Gasteiger partial charge is 0.355 e. The number of urea groups is 1. The second-order valence-electron chi connectivity index (χ2n) is 6.76. The predicted molar refractivity (Wildman–Crippen MR) is 119 cm³/mol. The van der Waals surface area contributed by atoms with Crippen molar-refractivity contribution in [3.05, 3.63) is 48.3 Å². The Morgan fingerprint density at radius 1 is 1.10 bits per heavy atom. The number of aromatic nitrogens is 5. The molecule has 3 amide bonds. The Balaban J connectivity index is 1.45. The zero-order chi connectivity index (χ0) is 21.8. The fraction of sp³-hybridized carbons (Fsp3) is 0.200. The van der Waals surface area contributed by atoms with E-state index in [4.69, 9.17) is 0 Å². The maximum Gasteiger partial charge on any atom is 0.326 e. The van der Waals surface area contributed by atoms with Gasteiger partial charge in [-0.15, -0.1) is 10.2 Å². The van der Waals surface area contributed by atoms with Crippen molar-refractivity contribution < 1.29 is 9.59 Å². The van der Waals surface area contributed by atoms with Crippen molar-refractivity contribution in [3.63, 3.8) is 0 Å². The Bertz CT molecular complexity index is 1250. The van der Waals surface area contributed by atoms with Gasteiger partial charge in [-0.3, -0.25) is 15.4 Å². The van der Waals surface area contributed by atoms with Crippen LogP contribution in [0.2, 0.25) is 0 Å². The monoisotopic (exact) mass is 436 g/mol. The van der Waals surface area contributed by atoms with Crippen molar-refractivity contribution in [2.24, 2.45) is 0 Å². The fourth-order valence-corrected chi connectivity index (χ4v) is 3.91. The summed E-state index contributed by atoms with van der Waals surface area (Å²) in [6.45, 7) is 4.42. The normalized spacial score (nSPS) is 10.8. The minimum absolute atomic E-state index is 0.103. The summed E-state index contributed by atoms with van der Waals surface area (Å²) in [5.74, 6) is 0.799. The van der Waals surface area contributed by atoms with E-state index in [1.807, 2.05) is 25.1 Å². The molecular formula is C20H20N8O2S. The van der Waals surface area contributed by atoms with Gasteiger partial charge in [0.2, 0.25) is 5.91 Å². The number of fused-ring (bicyclic) bond motifs is 1. The number of hydrogen-bond acceptors (Lipinski definition) is 7. The lowest BCUT2D eigenvalue weighted by atomic mass is 10.2. The second-order valence-corrected chi connectivity index (χ2v) is 7.76. The third kappa shape index (κ3) is 4.83. The Morgan fingerprint density at radius 2 is 1.94 bits per heavy atom. The van der Waals surface area contributed by atoms with Crippen LogP contribution in [0.15, 0.2) is 42.7 Å². The highest BCUT2D eigenvalue weighted by Gasteiger charge is 2.12. The van der Waals surface area contributed by atoms with E-state index in [2.05, 4.69) is 36.1 Å². The molecule has 0 fully saturated rings. The number of carbonyl (C=O) groups is 2. The van der Waals surface area contributed by atoms with Crippen LogP contribution in [0.1, 0.15) is 12.5 Å². The van der Waals surface area contributed by atoms with Gasteiger partial charge in [0.05, 0.1) is 10.2 Å². The molecule has 10 nitrogen and oxygen atoms in total. The van der Waals surface area contributed by atoms with E-state index in [0.29, 0.717) is 35.6 Å². The lowest BCUT2D eigenvalue weighted by Crippen LogP contribution is -2.24. The first-order valence-corrected chi connectivity index (χ1v) is 10.3. The minimum Gasteiger partial charge on any atom is -0.355 e. The molecule has 31 heavy (non-hydrogen) atoms. The maximum absolute atomic E-state index is 12.4. The summed E-state index contributed by atoms with van der Waals surface area (Å²) in [4.78, 5) is 32.4. The second kappa shape index (κ2) is 8.88. The van der Waals surface area contributed by atoms with Crippen molar-refractivity contribution in [2.75, 3.05) is 17.2 Å². The van der Waals surface area contributed by atoms with E-state index >= 15 is 0 Å². The molecule has 0 aliphatic rings. The molecule has 3 heterocycles. The van der Waals surface area contributed by atoms with E-state index in [1.165, 1.54) is 18.3 Å². The minimum atomic E-state index is -0.437. The highest BCUT2D eigenvalue weighted by Crippen LogP contribution is 2.28. The first kappa shape index (κ1) is 20.4. The molecule has 0 atom stereocenters. The number of thiazole rings is 1. The number of anilines is 2. The molecule has 11 heteroatoms. The number of benzene rings is 1. The van der Waals surface area contributed by atoms with E-state index in [0.717, 1.165) is 15.8 Å². The summed E-state index contributed by atoms with van der Waals surface area (Å²) in [6.07, 6.45) is 1.57. The lowest BCUT2D eigenvalue weighted by molar-refractivity contribution is -0.118. The number of nitrogens with one attached hydrogen (secondary N) is 3. The van der Waals surface area contributed by atoms with Crippen LogP contribution in [0.25, 0.3) is 21.7 Å². The molecule has 4 rings (SSSR count). The summed E-state index contributed by atoms with van der Waals surface area (Å²) in [6, 6.07) is 10.6. The van der Waals surface area contributed by atoms with Gasteiger partial charge in [-0.05, 0) is 30.7 Å². The highest BCUT2D eigenvalue weighted by atomic mass is 32.1. The zero-order valence-electron chi connectivity index (χ0n) is 16.9. The van der Waals surface area contributed by atoms with E-state index in [1.54, 1.807) is 29.1 Å². The first-order valence-electron chi connectivity index (χ1n) is 9.53. The van der Waals surface area contributed by atoms with Crippen LogP contribution in [0.4, 0.5) is 15.7 Å². The zero-order valence-corrected chi connectivity index (χ0v) is 17.7. The topological polar surface area (TPSA) is 127 Å². The summed E-state index contributed by atoms with van der Waals surface area (Å²) in [5, 5.41) is 16.7. The average molecular weight is 437 g/mol. The average Bonchev–Trinajstić information content (AvgIpc) is 3.35. The van der Waals surface area contributed by atoms with Gasteiger partial charge in [-0.1, -0.05) is 29.5 Å². The molecule has 0 aliphatic carbocycles. The van der Waals surface area contributed by atoms with Crippen LogP contribution in [0, 0.1) is 6.92 Å². The van der Waals surface area contributed by atoms with Gasteiger partial charge in [0.25, 0.3) is 0 Å². The van der Waals surface area contributed by atoms with Crippen LogP contribution in [0.5, 0.6) is 0 Å². The van der Waals surface area contributed by atoms with E-state index < -0.39 is 6.03 Å². The molecule has 0 aliphatic heterocycles. The molecular weight excluding hydrogens is 416 g/mol. The Labute approximate surface area is 181 Å². The van der Waals surface area contributed by atoms with Crippen molar-refractivity contribution in [2.45, 2.75) is 20.4 Å². The number of carbonyl (C=O) groups excluding carboxylic acids is 2. The summed E-state index contributed by atoms with van der Waals surface area (Å²) in [7, 11) is 0. The number of pyridine rings is 1. The Hall–Kier alpha value is -3.86. The lowest BCUT2D eigenvalue weighted by Gasteiger charge is -2.08. The van der Waals surface area contributed by atoms with E-state index in [9.17, 15) is 9.59 Å². The van der Waals surface area contributed by atoms with Crippen LogP contribution in [-0.2, 0) is 11.3 Å². The number of nitrogens with zero attached hydrogens (tertiary/aromatic N) is 5. The van der Waals surface area contributed by atoms with E-state index in [-0.39, 0.29) is 5.91 Å². The molecule has 3 N–H and O–H groups in total. The molecule has 0 bridgehead atoms. The van der Waals surface area contributed by atoms with Crippen molar-refractivity contribution in [3.8, 4) is 11.5 Å². The van der Waals surface area contributed by atoms with Gasteiger partial charge < -0.3 is 9.88 Å². The van der Waals surface area contributed by atoms with Gasteiger partial charge in [-0.2, -0.15) is 0 Å². The van der Waals surface area contributed by atoms with Gasteiger partial charge in [-0.25, -0.2) is 14.8 Å². The molecule has 0 saturated carbocycles. The van der Waals surface area contributed by atoms with Crippen molar-refractivity contribution in [1.82, 2.24) is 30.0 Å². The molecule has 0 spiro atoms. The molecule has 158 valence electrons. The SMILES string of the molecule is CC(=O)NCCn1cnnc1-c1cccc(NC(=O)Nc2nc3cccc(C)c3s2)n1. The van der Waals surface area contributed by atoms with Gasteiger partial charge in [0.15, 0.2) is 11.0 Å². The summed E-state index contributed by atoms with van der Waals surface area (Å²) >= 11 is 1.42. The molecule has 3 aromatic heterocycles. The van der Waals surface area contributed by atoms with Crippen LogP contribution in [0.3, 0.4) is 0 Å². The van der Waals surface area contributed by atoms with Crippen molar-refractivity contribution in [1.29, 1.82) is 0 Å². The number of aryl methyl sites for hydroxylation is 1. The van der Waals surface area contributed by atoms with Crippen LogP contribution in [-0.4, -0.2) is 43.2 Å². The molecule has 0 unspecified atom stereocenters. The number of hydrogen-bond donors (Lipinski definition) is 3. The van der Waals surface area contributed by atoms with Crippen LogP contribution >= 0.6 is 11.3 Å². The fourth-order valence-electron chi connectivity index (χ4n) is 2.98. The number of rotatable bonds is 6. The summed E-state index contributed by atoms with van der Waals surface area (Å²) < 4.78 is 2.82. The van der Waals surface area contributed by atoms with Gasteiger partial charge >= 0.3 is 6.03 Å². The Morgan fingerprint density at radius 3 is 2.74 bits per heavy atom. The smallest absolute Gasteiger partial charge is 0.326 e. The van der Waals surface area contributed by atoms with Gasteiger partial charge in [0, 0.05) is 20.0 Å².